The van der Waals surface area contributed by atoms with E-state index in [-0.39, 0.29) is 21.9 Å². The fourth-order valence-electron chi connectivity index (χ4n) is 1.35. The Labute approximate surface area is 94.8 Å². The molecule has 0 spiro atoms. The van der Waals surface area contributed by atoms with Crippen LogP contribution in [0.5, 0.6) is 0 Å². The Morgan fingerprint density at radius 3 is 2.73 bits per heavy atom. The van der Waals surface area contributed by atoms with Gasteiger partial charge >= 0.3 is 5.15 Å². The van der Waals surface area contributed by atoms with E-state index in [1.807, 2.05) is 0 Å². The molecule has 0 saturated heterocycles. The highest BCUT2D eigenvalue weighted by molar-refractivity contribution is 6.31. The predicted molar refractivity (Wildman–Crippen MR) is 58.8 cm³/mol. The normalized spacial score (nSPS) is 10.9. The first-order valence-electron chi connectivity index (χ1n) is 4.13. The molecule has 0 bridgehead atoms. The Bertz CT molecular complexity index is 607. The van der Waals surface area contributed by atoms with Gasteiger partial charge in [0.2, 0.25) is 0 Å². The van der Waals surface area contributed by atoms with Crippen molar-refractivity contribution in [2.24, 2.45) is 0 Å². The molecule has 1 aromatic carbocycles. The van der Waals surface area contributed by atoms with Gasteiger partial charge in [0.1, 0.15) is 11.2 Å². The lowest BCUT2D eigenvalue weighted by Crippen LogP contribution is -2.21. The third-order valence-electron chi connectivity index (χ3n) is 2.16. The van der Waals surface area contributed by atoms with Crippen molar-refractivity contribution in [2.75, 3.05) is 0 Å². The van der Waals surface area contributed by atoms with Crippen molar-refractivity contribution in [1.82, 2.24) is 4.73 Å². The number of aromatic nitrogens is 2. The van der Waals surface area contributed by atoms with Crippen molar-refractivity contribution >= 4 is 34.2 Å². The molecule has 4 nitrogen and oxygen atoms in total. The molecule has 0 aliphatic carbocycles. The Kier molecular flexibility index (Phi) is 2.32. The van der Waals surface area contributed by atoms with Gasteiger partial charge in [0, 0.05) is 16.0 Å². The van der Waals surface area contributed by atoms with Crippen LogP contribution >= 0.6 is 23.2 Å². The summed E-state index contributed by atoms with van der Waals surface area (Å²) in [5.41, 5.74) is 0.561. The molecular weight excluding hydrogens is 239 g/mol. The lowest BCUT2D eigenvalue weighted by molar-refractivity contribution is -0.462. The number of halogens is 2. The highest BCUT2D eigenvalue weighted by Gasteiger charge is 2.17. The van der Waals surface area contributed by atoms with Crippen LogP contribution in [0.1, 0.15) is 5.69 Å². The van der Waals surface area contributed by atoms with Crippen LogP contribution in [-0.4, -0.2) is 4.73 Å². The van der Waals surface area contributed by atoms with Crippen molar-refractivity contribution in [3.8, 4) is 0 Å². The average Bonchev–Trinajstić information content (AvgIpc) is 2.23. The summed E-state index contributed by atoms with van der Waals surface area (Å²) < 4.78 is 1.11. The fraction of sp³-hybridized carbons (Fsp3) is 0.111. The van der Waals surface area contributed by atoms with Gasteiger partial charge in [0.25, 0.3) is 5.52 Å². The van der Waals surface area contributed by atoms with Crippen LogP contribution in [0, 0.1) is 17.0 Å². The fourth-order valence-corrected chi connectivity index (χ4v) is 1.68. The number of benzene rings is 1. The van der Waals surface area contributed by atoms with Crippen LogP contribution in [0.15, 0.2) is 18.2 Å². The molecule has 1 heterocycles. The van der Waals surface area contributed by atoms with Gasteiger partial charge in [-0.3, -0.25) is 0 Å². The highest BCUT2D eigenvalue weighted by Crippen LogP contribution is 2.20. The largest absolute Gasteiger partial charge is 0.805 e. The van der Waals surface area contributed by atoms with E-state index in [9.17, 15) is 10.1 Å². The van der Waals surface area contributed by atoms with E-state index in [2.05, 4.69) is 0 Å². The van der Waals surface area contributed by atoms with Crippen LogP contribution < -0.4 is 4.43 Å². The maximum atomic E-state index is 11.7. The summed E-state index contributed by atoms with van der Waals surface area (Å²) in [4.78, 5) is 11.6. The maximum absolute atomic E-state index is 11.7. The van der Waals surface area contributed by atoms with Crippen molar-refractivity contribution in [1.29, 1.82) is 0 Å². The number of fused-ring (bicyclic) bond motifs is 1. The molecule has 2 rings (SSSR count). The predicted octanol–water partition coefficient (Wildman–Crippen LogP) is 2.52. The lowest BCUT2D eigenvalue weighted by atomic mass is 10.3. The summed E-state index contributed by atoms with van der Waals surface area (Å²) in [7, 11) is 0. The van der Waals surface area contributed by atoms with Crippen LogP contribution in [-0.2, 0) is 0 Å². The van der Waals surface area contributed by atoms with Gasteiger partial charge in [-0.2, -0.15) is 0 Å². The van der Waals surface area contributed by atoms with E-state index in [0.717, 1.165) is 0 Å². The third kappa shape index (κ3) is 1.46. The SMILES string of the molecule is Cc1c(Cl)[n+](=O)c2ccc(Cl)cc2n1[O-]. The highest BCUT2D eigenvalue weighted by atomic mass is 35.5. The third-order valence-corrected chi connectivity index (χ3v) is 2.82. The smallest absolute Gasteiger partial charge is 0.350 e. The van der Waals surface area contributed by atoms with Crippen LogP contribution in [0.4, 0.5) is 0 Å². The molecule has 0 aliphatic heterocycles. The minimum absolute atomic E-state index is 0.125. The zero-order chi connectivity index (χ0) is 11.2. The number of nitrogens with zero attached hydrogens (tertiary/aromatic N) is 2. The minimum Gasteiger partial charge on any atom is -0.805 e. The van der Waals surface area contributed by atoms with Gasteiger partial charge in [-0.05, 0) is 30.7 Å². The van der Waals surface area contributed by atoms with E-state index >= 15 is 0 Å². The first kappa shape index (κ1) is 10.3. The second-order valence-corrected chi connectivity index (χ2v) is 3.89. The Morgan fingerprint density at radius 2 is 2.07 bits per heavy atom. The summed E-state index contributed by atoms with van der Waals surface area (Å²) >= 11 is 11.4. The standard InChI is InChI=1S/C9H6Cl2N2O2/c1-5-9(11)13(15)7-3-2-6(10)4-8(7)12(5)14/h2-4H,1H3. The van der Waals surface area contributed by atoms with Crippen LogP contribution in [0.2, 0.25) is 10.2 Å². The molecule has 15 heavy (non-hydrogen) atoms. The molecule has 0 fully saturated rings. The van der Waals surface area contributed by atoms with Gasteiger partial charge in [-0.15, -0.1) is 0 Å². The lowest BCUT2D eigenvalue weighted by Gasteiger charge is -2.14. The van der Waals surface area contributed by atoms with Gasteiger partial charge in [-0.1, -0.05) is 11.6 Å². The summed E-state index contributed by atoms with van der Waals surface area (Å²) in [5, 5.41) is 11.9. The molecule has 0 unspecified atom stereocenters. The second-order valence-electron chi connectivity index (χ2n) is 3.10. The molecule has 0 amide bonds. The van der Waals surface area contributed by atoms with E-state index < -0.39 is 0 Å². The first-order chi connectivity index (χ1) is 7.02. The maximum Gasteiger partial charge on any atom is 0.350 e. The van der Waals surface area contributed by atoms with Crippen LogP contribution in [0.3, 0.4) is 0 Å². The molecule has 0 saturated carbocycles. The Balaban J connectivity index is 3.08. The number of rotatable bonds is 0. The van der Waals surface area contributed by atoms with E-state index in [0.29, 0.717) is 14.2 Å². The van der Waals surface area contributed by atoms with Crippen molar-refractivity contribution in [3.63, 3.8) is 0 Å². The molecule has 0 radical (unpaired) electrons. The number of hydrogen-bond acceptors (Lipinski definition) is 2. The van der Waals surface area contributed by atoms with Gasteiger partial charge in [0.15, 0.2) is 0 Å². The Hall–Kier alpha value is -1.26. The van der Waals surface area contributed by atoms with Gasteiger partial charge in [0.05, 0.1) is 4.43 Å². The molecule has 1 aromatic heterocycles. The molecule has 0 aliphatic rings. The van der Waals surface area contributed by atoms with Gasteiger partial charge < -0.3 is 9.94 Å². The minimum atomic E-state index is -0.125. The summed E-state index contributed by atoms with van der Waals surface area (Å²) in [6.45, 7) is 1.48. The van der Waals surface area contributed by atoms with Crippen molar-refractivity contribution in [2.45, 2.75) is 6.92 Å². The summed E-state index contributed by atoms with van der Waals surface area (Å²) in [5.74, 6) is 0. The van der Waals surface area contributed by atoms with Crippen molar-refractivity contribution < 1.29 is 4.43 Å². The first-order valence-corrected chi connectivity index (χ1v) is 4.88. The quantitative estimate of drug-likeness (QED) is 0.669. The van der Waals surface area contributed by atoms with E-state index in [4.69, 9.17) is 23.2 Å². The van der Waals surface area contributed by atoms with Crippen LogP contribution in [0.25, 0.3) is 11.0 Å². The zero-order valence-corrected chi connectivity index (χ0v) is 9.21. The molecule has 0 atom stereocenters. The topological polar surface area (TPSA) is 51.0 Å². The van der Waals surface area contributed by atoms with E-state index in [1.165, 1.54) is 25.1 Å². The number of hydrogen-bond donors (Lipinski definition) is 0. The monoisotopic (exact) mass is 244 g/mol. The Morgan fingerprint density at radius 1 is 1.40 bits per heavy atom. The summed E-state index contributed by atoms with van der Waals surface area (Å²) in [6, 6.07) is 4.43. The second kappa shape index (κ2) is 3.40. The molecular formula is C9H6Cl2N2O2. The molecule has 0 N–H and O–H groups in total. The molecule has 78 valence electrons. The molecule has 6 heteroatoms. The average molecular weight is 245 g/mol. The van der Waals surface area contributed by atoms with E-state index in [1.54, 1.807) is 0 Å². The molecule has 2 aromatic rings. The summed E-state index contributed by atoms with van der Waals surface area (Å²) in [6.07, 6.45) is 0. The zero-order valence-electron chi connectivity index (χ0n) is 7.70. The van der Waals surface area contributed by atoms with Gasteiger partial charge in [-0.25, -0.2) is 0 Å². The van der Waals surface area contributed by atoms with Crippen molar-refractivity contribution in [3.05, 3.63) is 44.2 Å².